The van der Waals surface area contributed by atoms with E-state index >= 15 is 0 Å². The molecule has 1 aromatic carbocycles. The number of H-pyrrole nitrogens is 1. The van der Waals surface area contributed by atoms with Crippen molar-refractivity contribution in [1.29, 1.82) is 0 Å². The highest BCUT2D eigenvalue weighted by atomic mass is 32.2. The van der Waals surface area contributed by atoms with Crippen molar-refractivity contribution < 1.29 is 8.42 Å². The van der Waals surface area contributed by atoms with Crippen molar-refractivity contribution in [1.82, 2.24) is 23.8 Å². The Bertz CT molecular complexity index is 1410. The second-order valence-corrected chi connectivity index (χ2v) is 9.46. The zero-order chi connectivity index (χ0) is 22.1. The average Bonchev–Trinajstić information content (AvgIpc) is 3.29. The molecular formula is C23H21N5O3S. The molecule has 1 N–H and O–H groups in total. The van der Waals surface area contributed by atoms with E-state index in [9.17, 15) is 13.2 Å². The standard InChI is InChI=1S/C23H21N5O3S/c29-23-20-16-27(14-10-21(20)25-22(26-23)17-8-11-24-12-9-17)15-18-5-4-13-28(18)32(30,31)19-6-2-1-3-7-19/h1-9,11-13H,10,14-16H2,(H,25,26,29). The Morgan fingerprint density at radius 2 is 1.78 bits per heavy atom. The van der Waals surface area contributed by atoms with Gasteiger partial charge in [-0.05, 0) is 36.4 Å². The third-order valence-corrected chi connectivity index (χ3v) is 7.32. The van der Waals surface area contributed by atoms with Crippen molar-refractivity contribution in [3.05, 3.63) is 100 Å². The first-order valence-corrected chi connectivity index (χ1v) is 11.7. The van der Waals surface area contributed by atoms with Crippen LogP contribution in [-0.4, -0.2) is 38.8 Å². The van der Waals surface area contributed by atoms with Gasteiger partial charge in [-0.3, -0.25) is 14.7 Å². The third-order valence-electron chi connectivity index (χ3n) is 5.58. The second kappa shape index (κ2) is 8.18. The number of fused-ring (bicyclic) bond motifs is 1. The van der Waals surface area contributed by atoms with Gasteiger partial charge in [-0.1, -0.05) is 18.2 Å². The molecule has 0 atom stereocenters. The third kappa shape index (κ3) is 3.76. The lowest BCUT2D eigenvalue weighted by atomic mass is 10.1. The van der Waals surface area contributed by atoms with Crippen LogP contribution in [0, 0.1) is 0 Å². The van der Waals surface area contributed by atoms with Crippen LogP contribution in [0.3, 0.4) is 0 Å². The fourth-order valence-electron chi connectivity index (χ4n) is 3.96. The SMILES string of the molecule is O=c1[nH]c(-c2ccncc2)nc2c1CN(Cc1cccn1S(=O)(=O)c1ccccc1)CC2. The van der Waals surface area contributed by atoms with E-state index in [0.717, 1.165) is 11.3 Å². The van der Waals surface area contributed by atoms with Crippen molar-refractivity contribution in [2.75, 3.05) is 6.54 Å². The molecule has 162 valence electrons. The molecular weight excluding hydrogens is 426 g/mol. The number of hydrogen-bond donors (Lipinski definition) is 1. The van der Waals surface area contributed by atoms with Crippen LogP contribution in [-0.2, 0) is 29.5 Å². The van der Waals surface area contributed by atoms with Crippen LogP contribution in [0.25, 0.3) is 11.4 Å². The largest absolute Gasteiger partial charge is 0.306 e. The van der Waals surface area contributed by atoms with Crippen LogP contribution < -0.4 is 5.56 Å². The molecule has 32 heavy (non-hydrogen) atoms. The van der Waals surface area contributed by atoms with E-state index in [4.69, 9.17) is 0 Å². The van der Waals surface area contributed by atoms with Gasteiger partial charge in [0.25, 0.3) is 15.6 Å². The molecule has 0 unspecified atom stereocenters. The maximum Gasteiger partial charge on any atom is 0.267 e. The van der Waals surface area contributed by atoms with Crippen LogP contribution in [0.15, 0.2) is 82.9 Å². The minimum Gasteiger partial charge on any atom is -0.306 e. The van der Waals surface area contributed by atoms with Crippen molar-refractivity contribution in [3.63, 3.8) is 0 Å². The molecule has 0 saturated carbocycles. The van der Waals surface area contributed by atoms with E-state index in [2.05, 4.69) is 19.9 Å². The fraction of sp³-hybridized carbons (Fsp3) is 0.174. The molecule has 9 heteroatoms. The van der Waals surface area contributed by atoms with E-state index < -0.39 is 10.0 Å². The quantitative estimate of drug-likeness (QED) is 0.504. The maximum atomic E-state index is 13.1. The summed E-state index contributed by atoms with van der Waals surface area (Å²) in [5.74, 6) is 0.535. The van der Waals surface area contributed by atoms with Crippen molar-refractivity contribution in [2.45, 2.75) is 24.4 Å². The summed E-state index contributed by atoms with van der Waals surface area (Å²) < 4.78 is 27.4. The second-order valence-electron chi connectivity index (χ2n) is 7.65. The lowest BCUT2D eigenvalue weighted by Gasteiger charge is -2.28. The topological polar surface area (TPSA) is 101 Å². The molecule has 1 aliphatic rings. The summed E-state index contributed by atoms with van der Waals surface area (Å²) in [6.07, 6.45) is 5.50. The first-order chi connectivity index (χ1) is 15.5. The molecule has 4 aromatic rings. The number of nitrogens with zero attached hydrogens (tertiary/aromatic N) is 4. The lowest BCUT2D eigenvalue weighted by molar-refractivity contribution is 0.238. The predicted molar refractivity (Wildman–Crippen MR) is 119 cm³/mol. The van der Waals surface area contributed by atoms with E-state index in [1.807, 2.05) is 0 Å². The molecule has 0 radical (unpaired) electrons. The predicted octanol–water partition coefficient (Wildman–Crippen LogP) is 2.43. The summed E-state index contributed by atoms with van der Waals surface area (Å²) >= 11 is 0. The summed E-state index contributed by atoms with van der Waals surface area (Å²) in [4.78, 5) is 26.6. The molecule has 0 saturated heterocycles. The first-order valence-electron chi connectivity index (χ1n) is 10.2. The fourth-order valence-corrected chi connectivity index (χ4v) is 5.34. The van der Waals surface area contributed by atoms with E-state index in [0.29, 0.717) is 43.1 Å². The van der Waals surface area contributed by atoms with Crippen molar-refractivity contribution >= 4 is 10.0 Å². The molecule has 0 spiro atoms. The number of rotatable bonds is 5. The lowest BCUT2D eigenvalue weighted by Crippen LogP contribution is -2.36. The van der Waals surface area contributed by atoms with Gasteiger partial charge in [0, 0.05) is 55.9 Å². The Hall–Kier alpha value is -3.56. The van der Waals surface area contributed by atoms with Gasteiger partial charge >= 0.3 is 0 Å². The molecule has 3 aromatic heterocycles. The summed E-state index contributed by atoms with van der Waals surface area (Å²) in [5, 5.41) is 0. The monoisotopic (exact) mass is 447 g/mol. The van der Waals surface area contributed by atoms with Gasteiger partial charge < -0.3 is 4.98 Å². The minimum absolute atomic E-state index is 0.168. The smallest absolute Gasteiger partial charge is 0.267 e. The van der Waals surface area contributed by atoms with Crippen molar-refractivity contribution in [3.8, 4) is 11.4 Å². The Kier molecular flexibility index (Phi) is 5.20. The zero-order valence-corrected chi connectivity index (χ0v) is 18.0. The minimum atomic E-state index is -3.68. The van der Waals surface area contributed by atoms with E-state index in [1.54, 1.807) is 73.2 Å². The number of aromatic amines is 1. The van der Waals surface area contributed by atoms with E-state index in [-0.39, 0.29) is 10.5 Å². The van der Waals surface area contributed by atoms with Crippen LogP contribution in [0.2, 0.25) is 0 Å². The van der Waals surface area contributed by atoms with Gasteiger partial charge in [-0.25, -0.2) is 17.4 Å². The maximum absolute atomic E-state index is 13.1. The van der Waals surface area contributed by atoms with Gasteiger partial charge in [0.1, 0.15) is 5.82 Å². The first kappa shape index (κ1) is 20.3. The van der Waals surface area contributed by atoms with E-state index in [1.165, 1.54) is 3.97 Å². The van der Waals surface area contributed by atoms with Gasteiger partial charge in [0.15, 0.2) is 0 Å². The summed E-state index contributed by atoms with van der Waals surface area (Å²) in [7, 11) is -3.68. The summed E-state index contributed by atoms with van der Waals surface area (Å²) in [6.45, 7) is 1.49. The van der Waals surface area contributed by atoms with Gasteiger partial charge in [0.2, 0.25) is 0 Å². The zero-order valence-electron chi connectivity index (χ0n) is 17.2. The van der Waals surface area contributed by atoms with Crippen LogP contribution in [0.5, 0.6) is 0 Å². The molecule has 0 amide bonds. The molecule has 8 nitrogen and oxygen atoms in total. The van der Waals surface area contributed by atoms with Crippen molar-refractivity contribution in [2.24, 2.45) is 0 Å². The van der Waals surface area contributed by atoms with Crippen LogP contribution in [0.1, 0.15) is 17.0 Å². The highest BCUT2D eigenvalue weighted by Gasteiger charge is 2.24. The molecule has 0 fully saturated rings. The number of aromatic nitrogens is 4. The number of nitrogens with one attached hydrogen (secondary N) is 1. The van der Waals surface area contributed by atoms with Gasteiger partial charge in [0.05, 0.1) is 16.2 Å². The molecule has 4 heterocycles. The van der Waals surface area contributed by atoms with Crippen LogP contribution >= 0.6 is 0 Å². The molecule has 1 aliphatic heterocycles. The normalized spacial score (nSPS) is 14.2. The highest BCUT2D eigenvalue weighted by Crippen LogP contribution is 2.22. The van der Waals surface area contributed by atoms with Gasteiger partial charge in [-0.2, -0.15) is 0 Å². The summed E-state index contributed by atoms with van der Waals surface area (Å²) in [6, 6.07) is 15.5. The average molecular weight is 448 g/mol. The summed E-state index contributed by atoms with van der Waals surface area (Å²) in [5.41, 5.74) is 2.70. The number of hydrogen-bond acceptors (Lipinski definition) is 6. The number of pyridine rings is 1. The Morgan fingerprint density at radius 3 is 2.56 bits per heavy atom. The Labute approximate surface area is 185 Å². The Balaban J connectivity index is 1.40. The van der Waals surface area contributed by atoms with Gasteiger partial charge in [-0.15, -0.1) is 0 Å². The van der Waals surface area contributed by atoms with Crippen LogP contribution in [0.4, 0.5) is 0 Å². The molecule has 5 rings (SSSR count). The molecule has 0 bridgehead atoms. The Morgan fingerprint density at radius 1 is 1.00 bits per heavy atom. The highest BCUT2D eigenvalue weighted by molar-refractivity contribution is 7.90. The number of benzene rings is 1. The molecule has 0 aliphatic carbocycles.